The SMILES string of the molecule is COc1ccccc1C(O)c1scc(C)c1Cl. The number of halogens is 1. The minimum atomic E-state index is -0.739. The van der Waals surface area contributed by atoms with E-state index in [1.54, 1.807) is 7.11 Å². The van der Waals surface area contributed by atoms with Crippen LogP contribution in [0.4, 0.5) is 0 Å². The fourth-order valence-electron chi connectivity index (χ4n) is 1.67. The Hall–Kier alpha value is -1.03. The van der Waals surface area contributed by atoms with Gasteiger partial charge in [-0.2, -0.15) is 0 Å². The first kappa shape index (κ1) is 12.4. The summed E-state index contributed by atoms with van der Waals surface area (Å²) in [7, 11) is 1.59. The lowest BCUT2D eigenvalue weighted by Crippen LogP contribution is -2.00. The molecule has 0 aliphatic heterocycles. The van der Waals surface area contributed by atoms with E-state index >= 15 is 0 Å². The van der Waals surface area contributed by atoms with Gasteiger partial charge < -0.3 is 9.84 Å². The predicted octanol–water partition coefficient (Wildman–Crippen LogP) is 3.80. The van der Waals surface area contributed by atoms with Crippen LogP contribution in [-0.2, 0) is 0 Å². The van der Waals surface area contributed by atoms with Crippen molar-refractivity contribution in [3.05, 3.63) is 50.7 Å². The number of hydrogen-bond acceptors (Lipinski definition) is 3. The summed E-state index contributed by atoms with van der Waals surface area (Å²) in [6, 6.07) is 7.41. The summed E-state index contributed by atoms with van der Waals surface area (Å²) in [4.78, 5) is 0.758. The van der Waals surface area contributed by atoms with E-state index in [2.05, 4.69) is 0 Å². The molecule has 1 aromatic heterocycles. The Labute approximate surface area is 109 Å². The molecule has 0 saturated heterocycles. The summed E-state index contributed by atoms with van der Waals surface area (Å²) in [5.41, 5.74) is 1.72. The topological polar surface area (TPSA) is 29.5 Å². The summed E-state index contributed by atoms with van der Waals surface area (Å²) in [5.74, 6) is 0.669. The summed E-state index contributed by atoms with van der Waals surface area (Å²) in [6.45, 7) is 1.93. The van der Waals surface area contributed by atoms with Gasteiger partial charge in [0.05, 0.1) is 17.0 Å². The van der Waals surface area contributed by atoms with Gasteiger partial charge in [0.25, 0.3) is 0 Å². The van der Waals surface area contributed by atoms with Crippen LogP contribution in [0.1, 0.15) is 22.1 Å². The fourth-order valence-corrected chi connectivity index (χ4v) is 2.97. The molecule has 0 aliphatic rings. The third-order valence-corrected chi connectivity index (χ3v) is 4.37. The molecule has 2 rings (SSSR count). The molecule has 0 radical (unpaired) electrons. The lowest BCUT2D eigenvalue weighted by molar-refractivity contribution is 0.218. The Balaban J connectivity index is 2.43. The van der Waals surface area contributed by atoms with Crippen molar-refractivity contribution in [2.75, 3.05) is 7.11 Å². The van der Waals surface area contributed by atoms with E-state index in [4.69, 9.17) is 16.3 Å². The standard InChI is InChI=1S/C13H13ClO2S/c1-8-7-17-13(11(8)14)12(15)9-5-3-4-6-10(9)16-2/h3-7,12,15H,1-2H3. The van der Waals surface area contributed by atoms with E-state index in [1.165, 1.54) is 11.3 Å². The minimum absolute atomic E-state index is 0.633. The summed E-state index contributed by atoms with van der Waals surface area (Å²) in [5, 5.41) is 12.9. The van der Waals surface area contributed by atoms with Crippen LogP contribution in [0, 0.1) is 6.92 Å². The van der Waals surface area contributed by atoms with Crippen LogP contribution >= 0.6 is 22.9 Å². The molecule has 1 atom stereocenters. The van der Waals surface area contributed by atoms with Crippen LogP contribution < -0.4 is 4.74 Å². The van der Waals surface area contributed by atoms with Crippen molar-refractivity contribution in [2.24, 2.45) is 0 Å². The summed E-state index contributed by atoms with van der Waals surface area (Å²) in [6.07, 6.45) is -0.739. The lowest BCUT2D eigenvalue weighted by Gasteiger charge is -2.13. The van der Waals surface area contributed by atoms with Crippen molar-refractivity contribution >= 4 is 22.9 Å². The summed E-state index contributed by atoms with van der Waals surface area (Å²) < 4.78 is 5.24. The van der Waals surface area contributed by atoms with Gasteiger partial charge in [0.1, 0.15) is 11.9 Å². The van der Waals surface area contributed by atoms with Crippen molar-refractivity contribution < 1.29 is 9.84 Å². The van der Waals surface area contributed by atoms with Gasteiger partial charge in [0.2, 0.25) is 0 Å². The highest BCUT2D eigenvalue weighted by molar-refractivity contribution is 7.10. The number of methoxy groups -OCH3 is 1. The van der Waals surface area contributed by atoms with Gasteiger partial charge in [-0.15, -0.1) is 11.3 Å². The second kappa shape index (κ2) is 5.08. The molecule has 4 heteroatoms. The highest BCUT2D eigenvalue weighted by atomic mass is 35.5. The Bertz CT molecular complexity index is 522. The van der Waals surface area contributed by atoms with E-state index in [0.29, 0.717) is 10.8 Å². The number of aliphatic hydroxyl groups excluding tert-OH is 1. The summed E-state index contributed by atoms with van der Waals surface area (Å²) >= 11 is 7.62. The van der Waals surface area contributed by atoms with E-state index in [1.807, 2.05) is 36.6 Å². The Kier molecular flexibility index (Phi) is 3.72. The van der Waals surface area contributed by atoms with Gasteiger partial charge in [0.15, 0.2) is 0 Å². The van der Waals surface area contributed by atoms with Crippen molar-refractivity contribution in [3.63, 3.8) is 0 Å². The smallest absolute Gasteiger partial charge is 0.125 e. The monoisotopic (exact) mass is 268 g/mol. The molecule has 2 nitrogen and oxygen atoms in total. The molecular formula is C13H13ClO2S. The molecule has 0 fully saturated rings. The number of benzene rings is 1. The fraction of sp³-hybridized carbons (Fsp3) is 0.231. The molecule has 1 aromatic carbocycles. The number of rotatable bonds is 3. The van der Waals surface area contributed by atoms with Gasteiger partial charge in [0, 0.05) is 5.56 Å². The largest absolute Gasteiger partial charge is 0.496 e. The van der Waals surface area contributed by atoms with Crippen LogP contribution in [0.3, 0.4) is 0 Å². The molecule has 0 saturated carbocycles. The first-order valence-electron chi connectivity index (χ1n) is 5.19. The predicted molar refractivity (Wildman–Crippen MR) is 71.1 cm³/mol. The molecule has 90 valence electrons. The molecule has 1 heterocycles. The Morgan fingerprint density at radius 2 is 2.06 bits per heavy atom. The van der Waals surface area contributed by atoms with Crippen molar-refractivity contribution in [2.45, 2.75) is 13.0 Å². The minimum Gasteiger partial charge on any atom is -0.496 e. The van der Waals surface area contributed by atoms with Gasteiger partial charge in [-0.3, -0.25) is 0 Å². The van der Waals surface area contributed by atoms with Crippen LogP contribution in [-0.4, -0.2) is 12.2 Å². The van der Waals surface area contributed by atoms with Crippen molar-refractivity contribution in [1.82, 2.24) is 0 Å². The zero-order valence-corrected chi connectivity index (χ0v) is 11.2. The molecule has 0 bridgehead atoms. The van der Waals surface area contributed by atoms with Crippen LogP contribution in [0.25, 0.3) is 0 Å². The number of hydrogen-bond donors (Lipinski definition) is 1. The quantitative estimate of drug-likeness (QED) is 0.917. The average molecular weight is 269 g/mol. The normalized spacial score (nSPS) is 12.5. The van der Waals surface area contributed by atoms with E-state index in [-0.39, 0.29) is 0 Å². The second-order valence-corrected chi connectivity index (χ2v) is 5.03. The zero-order chi connectivity index (χ0) is 12.4. The van der Waals surface area contributed by atoms with Crippen LogP contribution in [0.2, 0.25) is 5.02 Å². The van der Waals surface area contributed by atoms with E-state index in [0.717, 1.165) is 16.0 Å². The highest BCUT2D eigenvalue weighted by Gasteiger charge is 2.20. The first-order chi connectivity index (χ1) is 8.15. The third-order valence-electron chi connectivity index (χ3n) is 2.61. The molecule has 1 unspecified atom stereocenters. The zero-order valence-electron chi connectivity index (χ0n) is 9.61. The lowest BCUT2D eigenvalue weighted by atomic mass is 10.1. The maximum absolute atomic E-state index is 10.3. The number of ether oxygens (including phenoxy) is 1. The molecule has 17 heavy (non-hydrogen) atoms. The Morgan fingerprint density at radius 1 is 1.35 bits per heavy atom. The van der Waals surface area contributed by atoms with Crippen molar-refractivity contribution in [3.8, 4) is 5.75 Å². The van der Waals surface area contributed by atoms with Gasteiger partial charge >= 0.3 is 0 Å². The van der Waals surface area contributed by atoms with Gasteiger partial charge in [-0.05, 0) is 23.9 Å². The molecule has 0 spiro atoms. The first-order valence-corrected chi connectivity index (χ1v) is 6.45. The van der Waals surface area contributed by atoms with Crippen molar-refractivity contribution in [1.29, 1.82) is 0 Å². The number of aryl methyl sites for hydroxylation is 1. The van der Waals surface area contributed by atoms with E-state index in [9.17, 15) is 5.11 Å². The highest BCUT2D eigenvalue weighted by Crippen LogP contribution is 2.38. The number of thiophene rings is 1. The second-order valence-electron chi connectivity index (χ2n) is 3.74. The third kappa shape index (κ3) is 2.32. The molecule has 0 amide bonds. The maximum atomic E-state index is 10.3. The Morgan fingerprint density at radius 3 is 2.65 bits per heavy atom. The molecule has 2 aromatic rings. The molecule has 0 aliphatic carbocycles. The number of aliphatic hydroxyl groups is 1. The van der Waals surface area contributed by atoms with Gasteiger partial charge in [-0.25, -0.2) is 0 Å². The average Bonchev–Trinajstić information content (AvgIpc) is 2.69. The molecular weight excluding hydrogens is 256 g/mol. The van der Waals surface area contributed by atoms with Gasteiger partial charge in [-0.1, -0.05) is 29.8 Å². The number of para-hydroxylation sites is 1. The maximum Gasteiger partial charge on any atom is 0.125 e. The van der Waals surface area contributed by atoms with Crippen LogP contribution in [0.5, 0.6) is 5.75 Å². The van der Waals surface area contributed by atoms with Crippen LogP contribution in [0.15, 0.2) is 29.6 Å². The van der Waals surface area contributed by atoms with E-state index < -0.39 is 6.10 Å². The molecule has 1 N–H and O–H groups in total.